The number of aromatic nitrogens is 3. The van der Waals surface area contributed by atoms with Crippen LogP contribution < -0.4 is 0 Å². The number of thiophene rings is 1. The fourth-order valence-electron chi connectivity index (χ4n) is 8.52. The topological polar surface area (TPSA) is 51.8 Å². The highest BCUT2D eigenvalue weighted by Gasteiger charge is 2.21. The van der Waals surface area contributed by atoms with Crippen LogP contribution in [0.3, 0.4) is 0 Å². The summed E-state index contributed by atoms with van der Waals surface area (Å²) in [4.78, 5) is 15.4. The van der Waals surface area contributed by atoms with Gasteiger partial charge in [-0.3, -0.25) is 0 Å². The largest absolute Gasteiger partial charge is 0.455 e. The van der Waals surface area contributed by atoms with E-state index in [9.17, 15) is 0 Å². The van der Waals surface area contributed by atoms with Gasteiger partial charge < -0.3 is 4.42 Å². The first kappa shape index (κ1) is 31.2. The summed E-state index contributed by atoms with van der Waals surface area (Å²) in [5.74, 6) is 1.85. The molecule has 12 aromatic rings. The second kappa shape index (κ2) is 12.2. The zero-order valence-electron chi connectivity index (χ0n) is 29.9. The maximum Gasteiger partial charge on any atom is 0.164 e. The van der Waals surface area contributed by atoms with Crippen molar-refractivity contribution in [1.82, 2.24) is 15.0 Å². The summed E-state index contributed by atoms with van der Waals surface area (Å²) in [6, 6.07) is 61.9. The Hall–Kier alpha value is -7.21. The molecular formula is C51H29N3OS. The highest BCUT2D eigenvalue weighted by molar-refractivity contribution is 7.26. The molecule has 0 spiro atoms. The molecule has 0 radical (unpaired) electrons. The summed E-state index contributed by atoms with van der Waals surface area (Å²) < 4.78 is 9.42. The Morgan fingerprint density at radius 3 is 1.89 bits per heavy atom. The van der Waals surface area contributed by atoms with Crippen LogP contribution >= 0.6 is 11.3 Å². The molecule has 12 rings (SSSR count). The maximum absolute atomic E-state index is 6.85. The summed E-state index contributed by atoms with van der Waals surface area (Å²) >= 11 is 1.86. The van der Waals surface area contributed by atoms with Gasteiger partial charge in [-0.05, 0) is 56.1 Å². The first-order chi connectivity index (χ1) is 27.7. The van der Waals surface area contributed by atoms with Crippen molar-refractivity contribution in [2.24, 2.45) is 0 Å². The quantitative estimate of drug-likeness (QED) is 0.169. The van der Waals surface area contributed by atoms with E-state index in [1.165, 1.54) is 47.1 Å². The second-order valence-electron chi connectivity index (χ2n) is 14.3. The third kappa shape index (κ3) is 4.75. The maximum atomic E-state index is 6.85. The molecule has 9 aromatic carbocycles. The van der Waals surface area contributed by atoms with E-state index in [-0.39, 0.29) is 0 Å². The number of hydrogen-bond acceptors (Lipinski definition) is 5. The molecule has 0 amide bonds. The molecule has 0 aliphatic heterocycles. The van der Waals surface area contributed by atoms with Crippen molar-refractivity contribution in [3.63, 3.8) is 0 Å². The smallest absolute Gasteiger partial charge is 0.164 e. The monoisotopic (exact) mass is 731 g/mol. The molecule has 0 fully saturated rings. The minimum Gasteiger partial charge on any atom is -0.455 e. The van der Waals surface area contributed by atoms with E-state index in [0.717, 1.165) is 55.1 Å². The van der Waals surface area contributed by atoms with Gasteiger partial charge in [0.25, 0.3) is 0 Å². The Bertz CT molecular complexity index is 3550. The summed E-state index contributed by atoms with van der Waals surface area (Å²) in [7, 11) is 0. The van der Waals surface area contributed by atoms with Crippen molar-refractivity contribution in [1.29, 1.82) is 0 Å². The molecule has 3 aromatic heterocycles. The van der Waals surface area contributed by atoms with Gasteiger partial charge in [0.1, 0.15) is 11.2 Å². The van der Waals surface area contributed by atoms with Gasteiger partial charge in [0, 0.05) is 53.2 Å². The van der Waals surface area contributed by atoms with Crippen molar-refractivity contribution < 1.29 is 4.42 Å². The lowest BCUT2D eigenvalue weighted by Gasteiger charge is -2.10. The third-order valence-corrected chi connectivity index (χ3v) is 12.3. The number of hydrogen-bond donors (Lipinski definition) is 0. The molecule has 0 aliphatic rings. The van der Waals surface area contributed by atoms with Crippen molar-refractivity contribution in [2.75, 3.05) is 0 Å². The predicted molar refractivity (Wildman–Crippen MR) is 234 cm³/mol. The average molecular weight is 732 g/mol. The number of furan rings is 1. The highest BCUT2D eigenvalue weighted by atomic mass is 32.1. The number of benzene rings is 9. The second-order valence-corrected chi connectivity index (χ2v) is 15.4. The Morgan fingerprint density at radius 1 is 0.375 bits per heavy atom. The lowest BCUT2D eigenvalue weighted by Crippen LogP contribution is -2.00. The van der Waals surface area contributed by atoms with Crippen LogP contribution in [-0.2, 0) is 0 Å². The molecule has 5 heteroatoms. The van der Waals surface area contributed by atoms with Gasteiger partial charge in [-0.15, -0.1) is 11.3 Å². The van der Waals surface area contributed by atoms with Gasteiger partial charge >= 0.3 is 0 Å². The van der Waals surface area contributed by atoms with E-state index in [1.54, 1.807) is 0 Å². The normalized spacial score (nSPS) is 11.9. The van der Waals surface area contributed by atoms with Crippen LogP contribution in [0.1, 0.15) is 0 Å². The summed E-state index contributed by atoms with van der Waals surface area (Å²) in [5.41, 5.74) is 6.63. The van der Waals surface area contributed by atoms with E-state index in [0.29, 0.717) is 17.5 Å². The molecule has 0 aliphatic carbocycles. The van der Waals surface area contributed by atoms with E-state index >= 15 is 0 Å². The van der Waals surface area contributed by atoms with Crippen LogP contribution in [0.4, 0.5) is 0 Å². The molecule has 0 atom stereocenters. The van der Waals surface area contributed by atoms with Crippen LogP contribution in [0, 0.1) is 0 Å². The van der Waals surface area contributed by atoms with Gasteiger partial charge in [-0.2, -0.15) is 0 Å². The van der Waals surface area contributed by atoms with Gasteiger partial charge in [-0.25, -0.2) is 15.0 Å². The van der Waals surface area contributed by atoms with Gasteiger partial charge in [0.15, 0.2) is 17.5 Å². The average Bonchev–Trinajstić information content (AvgIpc) is 3.86. The van der Waals surface area contributed by atoms with Gasteiger partial charge in [0.2, 0.25) is 0 Å². The molecule has 0 saturated carbocycles. The van der Waals surface area contributed by atoms with E-state index in [1.807, 2.05) is 53.8 Å². The van der Waals surface area contributed by atoms with Gasteiger partial charge in [0.05, 0.1) is 0 Å². The molecule has 3 heterocycles. The van der Waals surface area contributed by atoms with Crippen molar-refractivity contribution in [2.45, 2.75) is 0 Å². The van der Waals surface area contributed by atoms with Crippen LogP contribution in [0.15, 0.2) is 180 Å². The van der Waals surface area contributed by atoms with Crippen LogP contribution in [-0.4, -0.2) is 15.0 Å². The van der Waals surface area contributed by atoms with Crippen molar-refractivity contribution in [3.05, 3.63) is 176 Å². The molecule has 0 bridgehead atoms. The zero-order valence-corrected chi connectivity index (χ0v) is 30.7. The number of fused-ring (bicyclic) bond motifs is 11. The summed E-state index contributed by atoms with van der Waals surface area (Å²) in [6.45, 7) is 0. The first-order valence-electron chi connectivity index (χ1n) is 18.8. The number of nitrogens with zero attached hydrogens (tertiary/aromatic N) is 3. The Labute approximate surface area is 325 Å². The van der Waals surface area contributed by atoms with Crippen LogP contribution in [0.25, 0.3) is 120 Å². The molecule has 0 saturated heterocycles. The SMILES string of the molecule is c1ccc(-c2nc(-c3ccc4c(ccc5ccccc54)c3)nc(-c3cccc4oc5c(-c6cccc7sc8c9ccccc9ccc8c67)cccc5c34)n2)cc1. The van der Waals surface area contributed by atoms with E-state index < -0.39 is 0 Å². The molecule has 260 valence electrons. The van der Waals surface area contributed by atoms with Gasteiger partial charge in [-0.1, -0.05) is 158 Å². The summed E-state index contributed by atoms with van der Waals surface area (Å²) in [6.07, 6.45) is 0. The van der Waals surface area contributed by atoms with Crippen LogP contribution in [0.2, 0.25) is 0 Å². The molecule has 56 heavy (non-hydrogen) atoms. The molecular weight excluding hydrogens is 703 g/mol. The molecule has 0 N–H and O–H groups in total. The highest BCUT2D eigenvalue weighted by Crippen LogP contribution is 2.46. The Morgan fingerprint density at radius 2 is 1.00 bits per heavy atom. The lowest BCUT2D eigenvalue weighted by molar-refractivity contribution is 0.670. The van der Waals surface area contributed by atoms with Crippen molar-refractivity contribution in [3.8, 4) is 45.3 Å². The Balaban J connectivity index is 1.07. The van der Waals surface area contributed by atoms with Crippen LogP contribution in [0.5, 0.6) is 0 Å². The fraction of sp³-hybridized carbons (Fsp3) is 0. The first-order valence-corrected chi connectivity index (χ1v) is 19.6. The number of rotatable bonds is 4. The zero-order chi connectivity index (χ0) is 36.7. The molecule has 0 unspecified atom stereocenters. The van der Waals surface area contributed by atoms with E-state index in [4.69, 9.17) is 19.4 Å². The minimum atomic E-state index is 0.601. The lowest BCUT2D eigenvalue weighted by atomic mass is 9.96. The van der Waals surface area contributed by atoms with E-state index in [2.05, 4.69) is 133 Å². The Kier molecular flexibility index (Phi) is 6.76. The fourth-order valence-corrected chi connectivity index (χ4v) is 9.78. The minimum absolute atomic E-state index is 0.601. The third-order valence-electron chi connectivity index (χ3n) is 11.1. The molecule has 4 nitrogen and oxygen atoms in total. The number of para-hydroxylation sites is 1. The standard InChI is InChI=1S/C51H29N3OS/c1-2-13-32(14-3-1)49-52-50(34-26-27-36-33(29-34)24-23-30-11-4-6-15-35(30)36)54-51(53-49)42-20-9-21-43-45(42)40-19-8-18-39(47(40)55-43)38-17-10-22-44-46(38)41-28-25-31-12-5-7-16-37(31)48(41)56-44/h1-29H. The summed E-state index contributed by atoms with van der Waals surface area (Å²) in [5, 5.41) is 11.9. The van der Waals surface area contributed by atoms with Crippen molar-refractivity contribution >= 4 is 85.8 Å². The predicted octanol–water partition coefficient (Wildman–Crippen LogP) is 14.3.